The van der Waals surface area contributed by atoms with Gasteiger partial charge in [-0.15, -0.1) is 18.4 Å². The first-order valence-electron chi connectivity index (χ1n) is 12.3. The lowest BCUT2D eigenvalue weighted by atomic mass is 10.2. The minimum atomic E-state index is -0.961. The minimum absolute atomic E-state index is 0.241. The van der Waals surface area contributed by atoms with Gasteiger partial charge in [0, 0.05) is 39.9 Å². The maximum Gasteiger partial charge on any atom is 0.339 e. The van der Waals surface area contributed by atoms with E-state index in [0.29, 0.717) is 34.2 Å². The zero-order valence-electron chi connectivity index (χ0n) is 25.4. The quantitative estimate of drug-likeness (QED) is 0.0321. The van der Waals surface area contributed by atoms with E-state index in [-0.39, 0.29) is 5.75 Å². The van der Waals surface area contributed by atoms with Gasteiger partial charge < -0.3 is 29.9 Å². The van der Waals surface area contributed by atoms with Crippen molar-refractivity contribution >= 4 is 101 Å². The van der Waals surface area contributed by atoms with Gasteiger partial charge in [-0.3, -0.25) is 4.79 Å². The van der Waals surface area contributed by atoms with Crippen molar-refractivity contribution in [2.45, 2.75) is 49.8 Å². The SMILES string of the molecule is C=C(C)C(=O)Cl.C=C=CC(=O)OC(CSC)C(CSC)OC(=O)C(=C)C.CSCC(O)C(O)CSC.OC(S)C(O)CS. The van der Waals surface area contributed by atoms with Crippen LogP contribution in [-0.2, 0) is 23.9 Å². The molecule has 0 spiro atoms. The smallest absolute Gasteiger partial charge is 0.339 e. The summed E-state index contributed by atoms with van der Waals surface area (Å²) < 4.78 is 10.6. The zero-order chi connectivity index (χ0) is 34.5. The van der Waals surface area contributed by atoms with Gasteiger partial charge in [0.25, 0.3) is 0 Å². The van der Waals surface area contributed by atoms with Crippen molar-refractivity contribution in [3.05, 3.63) is 42.7 Å². The highest BCUT2D eigenvalue weighted by atomic mass is 35.5. The Bertz CT molecular complexity index is 796. The minimum Gasteiger partial charge on any atom is -0.454 e. The summed E-state index contributed by atoms with van der Waals surface area (Å²) >= 11 is 18.2. The molecule has 6 unspecified atom stereocenters. The fraction of sp³-hybridized carbons (Fsp3) is 0.630. The standard InChI is InChI=1S/C14H20O4S2.C6H14O2S2.C4H5ClO.C3H8O2S2/c1-6-7-13(15)17-11(8-19-4)12(9-20-5)18-14(16)10(2)3;1-9-3-5(7)6(8)4-10-2;1-3(2)4(5)6;4-2(1-6)3(5)7/h7,11-12H,1-2,8-9H2,3-5H3;5-8H,3-4H2,1-2H3;1H2,2H3;2-7H,1H2. The lowest BCUT2D eigenvalue weighted by Crippen LogP contribution is -2.38. The van der Waals surface area contributed by atoms with Crippen molar-refractivity contribution in [3.8, 4) is 0 Å². The summed E-state index contributed by atoms with van der Waals surface area (Å²) in [6, 6.07) is 0. The molecular formula is C27H47ClO9S6. The number of esters is 2. The third kappa shape index (κ3) is 33.0. The Morgan fingerprint density at radius 1 is 0.814 bits per heavy atom. The van der Waals surface area contributed by atoms with Gasteiger partial charge in [-0.05, 0) is 50.5 Å². The molecule has 9 nitrogen and oxygen atoms in total. The monoisotopic (exact) mass is 742 g/mol. The summed E-state index contributed by atoms with van der Waals surface area (Å²) in [7, 11) is 0. The fourth-order valence-electron chi connectivity index (χ4n) is 1.93. The fourth-order valence-corrected chi connectivity index (χ4v) is 4.75. The van der Waals surface area contributed by atoms with Crippen LogP contribution in [0, 0.1) is 0 Å². The Morgan fingerprint density at radius 3 is 1.42 bits per heavy atom. The lowest BCUT2D eigenvalue weighted by molar-refractivity contribution is -0.158. The van der Waals surface area contributed by atoms with Crippen molar-refractivity contribution < 1.29 is 44.3 Å². The number of carbonyl (C=O) groups is 3. The predicted octanol–water partition coefficient (Wildman–Crippen LogP) is 3.74. The molecule has 0 aliphatic rings. The van der Waals surface area contributed by atoms with Gasteiger partial charge in [0.1, 0.15) is 17.6 Å². The highest BCUT2D eigenvalue weighted by Gasteiger charge is 2.28. The third-order valence-corrected chi connectivity index (χ3v) is 7.87. The maximum absolute atomic E-state index is 11.6. The lowest BCUT2D eigenvalue weighted by Gasteiger charge is -2.25. The van der Waals surface area contributed by atoms with Crippen LogP contribution in [0.3, 0.4) is 0 Å². The van der Waals surface area contributed by atoms with Crippen molar-refractivity contribution in [3.63, 3.8) is 0 Å². The van der Waals surface area contributed by atoms with Gasteiger partial charge in [-0.25, -0.2) is 9.59 Å². The van der Waals surface area contributed by atoms with Crippen molar-refractivity contribution in [2.24, 2.45) is 0 Å². The first-order valence-corrected chi connectivity index (χ1v) is 19.4. The molecule has 0 amide bonds. The normalized spacial score (nSPS) is 14.0. The molecule has 0 fully saturated rings. The molecule has 0 aromatic carbocycles. The molecule has 252 valence electrons. The van der Waals surface area contributed by atoms with Gasteiger partial charge in [0.15, 0.2) is 0 Å². The maximum atomic E-state index is 11.6. The van der Waals surface area contributed by atoms with Crippen LogP contribution in [-0.4, -0.2) is 127 Å². The van der Waals surface area contributed by atoms with Crippen LogP contribution in [0.2, 0.25) is 0 Å². The second-order valence-electron chi connectivity index (χ2n) is 8.22. The first kappa shape index (κ1) is 49.7. The number of halogens is 1. The van der Waals surface area contributed by atoms with Crippen molar-refractivity contribution in [2.75, 3.05) is 53.8 Å². The number of rotatable bonds is 17. The highest BCUT2D eigenvalue weighted by Crippen LogP contribution is 2.16. The first-order chi connectivity index (χ1) is 20.0. The molecule has 0 saturated carbocycles. The van der Waals surface area contributed by atoms with Crippen molar-refractivity contribution in [1.29, 1.82) is 0 Å². The number of thiol groups is 2. The van der Waals surface area contributed by atoms with Gasteiger partial charge in [-0.1, -0.05) is 19.7 Å². The Balaban J connectivity index is -0.000000273. The summed E-state index contributed by atoms with van der Waals surface area (Å²) in [5.41, 5.74) is 2.10. The topological polar surface area (TPSA) is 151 Å². The molecule has 0 heterocycles. The average Bonchev–Trinajstić information content (AvgIpc) is 2.93. The number of hydrogen-bond donors (Lipinski definition) is 6. The van der Waals surface area contributed by atoms with Crippen LogP contribution in [0.4, 0.5) is 0 Å². The molecule has 0 bridgehead atoms. The zero-order valence-corrected chi connectivity index (χ0v) is 31.2. The largest absolute Gasteiger partial charge is 0.454 e. The van der Waals surface area contributed by atoms with E-state index in [4.69, 9.17) is 41.5 Å². The van der Waals surface area contributed by atoms with Gasteiger partial charge >= 0.3 is 11.9 Å². The Kier molecular flexibility index (Phi) is 38.4. The summed E-state index contributed by atoms with van der Waals surface area (Å²) in [6.07, 6.45) is 5.75. The molecule has 0 rings (SSSR count). The second-order valence-corrected chi connectivity index (χ2v) is 13.1. The molecule has 16 heteroatoms. The molecule has 6 atom stereocenters. The Hall–Kier alpha value is -0.160. The molecule has 0 aromatic rings. The summed E-state index contributed by atoms with van der Waals surface area (Å²) in [5.74, 6) is 1.51. The average molecular weight is 744 g/mol. The molecule has 0 radical (unpaired) electrons. The van der Waals surface area contributed by atoms with E-state index in [2.05, 4.69) is 50.7 Å². The molecule has 0 aliphatic carbocycles. The molecule has 43 heavy (non-hydrogen) atoms. The van der Waals surface area contributed by atoms with E-state index in [1.54, 1.807) is 37.4 Å². The third-order valence-electron chi connectivity index (χ3n) is 4.16. The number of hydrogen-bond acceptors (Lipinski definition) is 15. The van der Waals surface area contributed by atoms with Crippen LogP contribution in [0.15, 0.2) is 42.7 Å². The van der Waals surface area contributed by atoms with E-state index in [1.807, 2.05) is 25.0 Å². The van der Waals surface area contributed by atoms with Crippen LogP contribution in [0.1, 0.15) is 13.8 Å². The summed E-state index contributed by atoms with van der Waals surface area (Å²) in [5, 5.41) is 34.8. The summed E-state index contributed by atoms with van der Waals surface area (Å²) in [6.45, 7) is 13.3. The molecule has 0 aliphatic heterocycles. The number of allylic oxidation sites excluding steroid dienone is 1. The Morgan fingerprint density at radius 2 is 1.19 bits per heavy atom. The van der Waals surface area contributed by atoms with Crippen LogP contribution >= 0.6 is 83.9 Å². The highest BCUT2D eigenvalue weighted by molar-refractivity contribution is 7.99. The number of carbonyl (C=O) groups excluding carboxylic acids is 3. The van der Waals surface area contributed by atoms with E-state index < -0.39 is 53.1 Å². The van der Waals surface area contributed by atoms with E-state index in [1.165, 1.54) is 23.5 Å². The van der Waals surface area contributed by atoms with E-state index >= 15 is 0 Å². The molecule has 0 aromatic heterocycles. The van der Waals surface area contributed by atoms with Crippen molar-refractivity contribution in [1.82, 2.24) is 0 Å². The molecule has 4 N–H and O–H groups in total. The Labute approximate surface area is 289 Å². The second kappa shape index (κ2) is 33.2. The predicted molar refractivity (Wildman–Crippen MR) is 194 cm³/mol. The van der Waals surface area contributed by atoms with Crippen LogP contribution in [0.5, 0.6) is 0 Å². The van der Waals surface area contributed by atoms with Gasteiger partial charge in [-0.2, -0.15) is 59.7 Å². The number of aliphatic hydroxyl groups excluding tert-OH is 4. The summed E-state index contributed by atoms with van der Waals surface area (Å²) in [4.78, 5) is 33.0. The molecular weight excluding hydrogens is 696 g/mol. The van der Waals surface area contributed by atoms with Gasteiger partial charge in [0.2, 0.25) is 5.24 Å². The van der Waals surface area contributed by atoms with Crippen LogP contribution < -0.4 is 0 Å². The molecule has 0 saturated heterocycles. The van der Waals surface area contributed by atoms with Gasteiger partial charge in [0.05, 0.1) is 24.4 Å². The number of aliphatic hydroxyl groups is 4. The number of thioether (sulfide) groups is 4. The number of ether oxygens (including phenoxy) is 2. The van der Waals surface area contributed by atoms with E-state index in [9.17, 15) is 14.4 Å². The van der Waals surface area contributed by atoms with E-state index in [0.717, 1.165) is 6.08 Å². The van der Waals surface area contributed by atoms with Crippen LogP contribution in [0.25, 0.3) is 0 Å².